The SMILES string of the molecule is C[C@H](N)c1cc(F)ccc1Oc1cc(F)cc(Br)c1. The van der Waals surface area contributed by atoms with Crippen molar-refractivity contribution in [3.8, 4) is 11.5 Å². The van der Waals surface area contributed by atoms with E-state index in [-0.39, 0.29) is 11.9 Å². The average molecular weight is 328 g/mol. The molecule has 0 aliphatic rings. The predicted octanol–water partition coefficient (Wildman–Crippen LogP) is 4.54. The number of benzene rings is 2. The number of nitrogens with two attached hydrogens (primary N) is 1. The molecule has 2 N–H and O–H groups in total. The van der Waals surface area contributed by atoms with Gasteiger partial charge in [-0.3, -0.25) is 0 Å². The van der Waals surface area contributed by atoms with Gasteiger partial charge in [0.1, 0.15) is 23.1 Å². The van der Waals surface area contributed by atoms with Gasteiger partial charge in [0.15, 0.2) is 0 Å². The van der Waals surface area contributed by atoms with E-state index in [0.29, 0.717) is 21.5 Å². The van der Waals surface area contributed by atoms with E-state index >= 15 is 0 Å². The second-order valence-electron chi connectivity index (χ2n) is 4.18. The molecule has 19 heavy (non-hydrogen) atoms. The maximum absolute atomic E-state index is 13.3. The summed E-state index contributed by atoms with van der Waals surface area (Å²) in [6, 6.07) is 7.87. The number of rotatable bonds is 3. The van der Waals surface area contributed by atoms with Gasteiger partial charge in [0, 0.05) is 22.1 Å². The van der Waals surface area contributed by atoms with Crippen LogP contribution in [0.2, 0.25) is 0 Å². The van der Waals surface area contributed by atoms with E-state index in [1.807, 2.05) is 0 Å². The Morgan fingerprint density at radius 2 is 1.84 bits per heavy atom. The van der Waals surface area contributed by atoms with Crippen molar-refractivity contribution in [2.75, 3.05) is 0 Å². The topological polar surface area (TPSA) is 35.2 Å². The molecule has 0 saturated heterocycles. The third-order valence-corrected chi connectivity index (χ3v) is 2.98. The lowest BCUT2D eigenvalue weighted by molar-refractivity contribution is 0.464. The van der Waals surface area contributed by atoms with E-state index in [2.05, 4.69) is 15.9 Å². The molecule has 0 amide bonds. The van der Waals surface area contributed by atoms with Crippen molar-refractivity contribution in [1.82, 2.24) is 0 Å². The fourth-order valence-electron chi connectivity index (χ4n) is 1.68. The number of halogens is 3. The fraction of sp³-hybridized carbons (Fsp3) is 0.143. The van der Waals surface area contributed by atoms with E-state index in [1.54, 1.807) is 13.0 Å². The highest BCUT2D eigenvalue weighted by Gasteiger charge is 2.11. The molecule has 0 heterocycles. The number of hydrogen-bond acceptors (Lipinski definition) is 2. The van der Waals surface area contributed by atoms with Crippen LogP contribution in [-0.4, -0.2) is 0 Å². The molecule has 0 bridgehead atoms. The maximum atomic E-state index is 13.3. The van der Waals surface area contributed by atoms with E-state index in [9.17, 15) is 8.78 Å². The summed E-state index contributed by atoms with van der Waals surface area (Å²) >= 11 is 3.18. The van der Waals surface area contributed by atoms with Crippen LogP contribution in [0.15, 0.2) is 40.9 Å². The molecule has 0 fully saturated rings. The van der Waals surface area contributed by atoms with E-state index in [1.165, 1.54) is 30.3 Å². The highest BCUT2D eigenvalue weighted by Crippen LogP contribution is 2.31. The van der Waals surface area contributed by atoms with Crippen LogP contribution in [0.1, 0.15) is 18.5 Å². The lowest BCUT2D eigenvalue weighted by Gasteiger charge is -2.14. The van der Waals surface area contributed by atoms with E-state index in [4.69, 9.17) is 10.5 Å². The summed E-state index contributed by atoms with van der Waals surface area (Å²) in [5, 5.41) is 0. The van der Waals surface area contributed by atoms with Crippen LogP contribution < -0.4 is 10.5 Å². The van der Waals surface area contributed by atoms with Crippen molar-refractivity contribution in [3.63, 3.8) is 0 Å². The number of ether oxygens (including phenoxy) is 1. The molecule has 2 aromatic carbocycles. The molecule has 0 aromatic heterocycles. The quantitative estimate of drug-likeness (QED) is 0.898. The lowest BCUT2D eigenvalue weighted by Crippen LogP contribution is -2.07. The van der Waals surface area contributed by atoms with Gasteiger partial charge in [-0.05, 0) is 37.3 Å². The van der Waals surface area contributed by atoms with Crippen LogP contribution in [0, 0.1) is 11.6 Å². The van der Waals surface area contributed by atoms with Crippen molar-refractivity contribution in [3.05, 3.63) is 58.1 Å². The van der Waals surface area contributed by atoms with Gasteiger partial charge >= 0.3 is 0 Å². The first kappa shape index (κ1) is 14.0. The van der Waals surface area contributed by atoms with Crippen LogP contribution >= 0.6 is 15.9 Å². The first-order chi connectivity index (χ1) is 8.95. The van der Waals surface area contributed by atoms with Gasteiger partial charge < -0.3 is 10.5 Å². The van der Waals surface area contributed by atoms with Gasteiger partial charge in [-0.25, -0.2) is 8.78 Å². The van der Waals surface area contributed by atoms with Crippen molar-refractivity contribution in [2.45, 2.75) is 13.0 Å². The zero-order valence-electron chi connectivity index (χ0n) is 10.2. The highest BCUT2D eigenvalue weighted by molar-refractivity contribution is 9.10. The summed E-state index contributed by atoms with van der Waals surface area (Å²) in [7, 11) is 0. The smallest absolute Gasteiger partial charge is 0.132 e. The van der Waals surface area contributed by atoms with Gasteiger partial charge in [0.05, 0.1) is 0 Å². The Hall–Kier alpha value is -1.46. The van der Waals surface area contributed by atoms with Gasteiger partial charge in [-0.15, -0.1) is 0 Å². The Morgan fingerprint density at radius 3 is 2.47 bits per heavy atom. The average Bonchev–Trinajstić information content (AvgIpc) is 2.30. The Balaban J connectivity index is 2.37. The number of hydrogen-bond donors (Lipinski definition) is 1. The molecule has 0 spiro atoms. The molecule has 0 saturated carbocycles. The van der Waals surface area contributed by atoms with E-state index in [0.717, 1.165) is 0 Å². The molecule has 0 aliphatic heterocycles. The Labute approximate surface area is 118 Å². The van der Waals surface area contributed by atoms with Crippen LogP contribution in [-0.2, 0) is 0 Å². The van der Waals surface area contributed by atoms with Gasteiger partial charge in [-0.2, -0.15) is 0 Å². The Bertz CT molecular complexity index is 582. The summed E-state index contributed by atoms with van der Waals surface area (Å²) in [5.74, 6) is -0.0804. The predicted molar refractivity (Wildman–Crippen MR) is 73.2 cm³/mol. The minimum Gasteiger partial charge on any atom is -0.457 e. The van der Waals surface area contributed by atoms with Crippen molar-refractivity contribution in [2.24, 2.45) is 5.73 Å². The largest absolute Gasteiger partial charge is 0.457 e. The molecule has 0 unspecified atom stereocenters. The van der Waals surface area contributed by atoms with Gasteiger partial charge in [0.2, 0.25) is 0 Å². The molecule has 5 heteroatoms. The molecule has 2 nitrogen and oxygen atoms in total. The lowest BCUT2D eigenvalue weighted by atomic mass is 10.1. The summed E-state index contributed by atoms with van der Waals surface area (Å²) in [6.45, 7) is 1.73. The summed E-state index contributed by atoms with van der Waals surface area (Å²) in [6.07, 6.45) is 0. The Morgan fingerprint density at radius 1 is 1.11 bits per heavy atom. The molecule has 2 aromatic rings. The minimum absolute atomic E-state index is 0.320. The van der Waals surface area contributed by atoms with Gasteiger partial charge in [-0.1, -0.05) is 15.9 Å². The fourth-order valence-corrected chi connectivity index (χ4v) is 2.13. The third-order valence-electron chi connectivity index (χ3n) is 2.53. The normalized spacial score (nSPS) is 12.3. The van der Waals surface area contributed by atoms with E-state index < -0.39 is 5.82 Å². The molecule has 2 rings (SSSR count). The molecule has 0 aliphatic carbocycles. The third kappa shape index (κ3) is 3.52. The summed E-state index contributed by atoms with van der Waals surface area (Å²) < 4.78 is 32.6. The zero-order chi connectivity index (χ0) is 14.0. The Kier molecular flexibility index (Phi) is 4.17. The van der Waals surface area contributed by atoms with Crippen LogP contribution in [0.4, 0.5) is 8.78 Å². The first-order valence-electron chi connectivity index (χ1n) is 5.64. The monoisotopic (exact) mass is 327 g/mol. The second-order valence-corrected chi connectivity index (χ2v) is 5.09. The van der Waals surface area contributed by atoms with Crippen LogP contribution in [0.25, 0.3) is 0 Å². The van der Waals surface area contributed by atoms with Crippen molar-refractivity contribution >= 4 is 15.9 Å². The zero-order valence-corrected chi connectivity index (χ0v) is 11.7. The van der Waals surface area contributed by atoms with Crippen LogP contribution in [0.5, 0.6) is 11.5 Å². The first-order valence-corrected chi connectivity index (χ1v) is 6.44. The van der Waals surface area contributed by atoms with Gasteiger partial charge in [0.25, 0.3) is 0 Å². The molecular weight excluding hydrogens is 316 g/mol. The minimum atomic E-state index is -0.422. The molecule has 1 atom stereocenters. The maximum Gasteiger partial charge on any atom is 0.132 e. The van der Waals surface area contributed by atoms with Crippen LogP contribution in [0.3, 0.4) is 0 Å². The second kappa shape index (κ2) is 5.67. The molecular formula is C14H12BrF2NO. The molecule has 100 valence electrons. The summed E-state index contributed by atoms with van der Waals surface area (Å²) in [5.41, 5.74) is 6.29. The van der Waals surface area contributed by atoms with Crippen molar-refractivity contribution in [1.29, 1.82) is 0 Å². The summed E-state index contributed by atoms with van der Waals surface area (Å²) in [4.78, 5) is 0. The standard InChI is InChI=1S/C14H12BrF2NO/c1-8(18)13-7-10(16)2-3-14(13)19-12-5-9(15)4-11(17)6-12/h2-8H,18H2,1H3/t8-/m0/s1. The molecule has 0 radical (unpaired) electrons. The highest BCUT2D eigenvalue weighted by atomic mass is 79.9. The van der Waals surface area contributed by atoms with Crippen molar-refractivity contribution < 1.29 is 13.5 Å².